The van der Waals surface area contributed by atoms with E-state index in [1.165, 1.54) is 11.4 Å². The SMILES string of the molecule is C1=CC2CC1c1nc(-c3ccccc3)c(-c3ccccc3)nc12. The number of nitrogens with zero attached hydrogens (tertiary/aromatic N) is 2. The Morgan fingerprint density at radius 2 is 1.04 bits per heavy atom. The van der Waals surface area contributed by atoms with E-state index in [0.717, 1.165) is 28.9 Å². The molecule has 23 heavy (non-hydrogen) atoms. The van der Waals surface area contributed by atoms with E-state index in [4.69, 9.17) is 9.97 Å². The van der Waals surface area contributed by atoms with Gasteiger partial charge in [-0.1, -0.05) is 72.8 Å². The number of hydrogen-bond acceptors (Lipinski definition) is 2. The van der Waals surface area contributed by atoms with Crippen LogP contribution in [0, 0.1) is 0 Å². The van der Waals surface area contributed by atoms with Gasteiger partial charge < -0.3 is 0 Å². The van der Waals surface area contributed by atoms with Gasteiger partial charge in [0.05, 0.1) is 22.8 Å². The minimum Gasteiger partial charge on any atom is -0.248 e. The van der Waals surface area contributed by atoms with Crippen LogP contribution in [0.15, 0.2) is 72.8 Å². The van der Waals surface area contributed by atoms with Crippen molar-refractivity contribution < 1.29 is 0 Å². The van der Waals surface area contributed by atoms with Crippen LogP contribution in [0.4, 0.5) is 0 Å². The first-order valence-electron chi connectivity index (χ1n) is 8.11. The predicted molar refractivity (Wildman–Crippen MR) is 92.1 cm³/mol. The monoisotopic (exact) mass is 296 g/mol. The van der Waals surface area contributed by atoms with E-state index in [-0.39, 0.29) is 0 Å². The Hall–Kier alpha value is -2.74. The molecule has 2 aromatic carbocycles. The van der Waals surface area contributed by atoms with Gasteiger partial charge in [0, 0.05) is 23.0 Å². The first-order valence-corrected chi connectivity index (χ1v) is 8.11. The molecule has 0 radical (unpaired) electrons. The second-order valence-electron chi connectivity index (χ2n) is 6.26. The maximum atomic E-state index is 5.07. The Balaban J connectivity index is 1.78. The van der Waals surface area contributed by atoms with Gasteiger partial charge in [-0.25, -0.2) is 9.97 Å². The molecule has 0 amide bonds. The lowest BCUT2D eigenvalue weighted by atomic mass is 10.0. The van der Waals surface area contributed by atoms with Crippen molar-refractivity contribution >= 4 is 0 Å². The Kier molecular flexibility index (Phi) is 2.71. The van der Waals surface area contributed by atoms with Crippen LogP contribution < -0.4 is 0 Å². The summed E-state index contributed by atoms with van der Waals surface area (Å²) in [5.41, 5.74) is 6.61. The molecule has 0 aliphatic heterocycles. The molecule has 0 saturated heterocycles. The summed E-state index contributed by atoms with van der Waals surface area (Å²) in [6.07, 6.45) is 5.72. The smallest absolute Gasteiger partial charge is 0.0969 e. The van der Waals surface area contributed by atoms with E-state index >= 15 is 0 Å². The molecule has 2 aliphatic carbocycles. The molecule has 3 aromatic rings. The van der Waals surface area contributed by atoms with Crippen molar-refractivity contribution in [1.82, 2.24) is 9.97 Å². The van der Waals surface area contributed by atoms with Crippen molar-refractivity contribution in [3.63, 3.8) is 0 Å². The Morgan fingerprint density at radius 3 is 1.48 bits per heavy atom. The molecule has 2 unspecified atom stereocenters. The Bertz CT molecular complexity index is 823. The van der Waals surface area contributed by atoms with Crippen LogP contribution in [0.3, 0.4) is 0 Å². The number of rotatable bonds is 2. The molecule has 2 nitrogen and oxygen atoms in total. The molecule has 0 saturated carbocycles. The summed E-state index contributed by atoms with van der Waals surface area (Å²) in [5, 5.41) is 0. The van der Waals surface area contributed by atoms with Crippen molar-refractivity contribution in [2.45, 2.75) is 18.3 Å². The van der Waals surface area contributed by atoms with Crippen LogP contribution in [0.5, 0.6) is 0 Å². The van der Waals surface area contributed by atoms with E-state index in [1.807, 2.05) is 12.1 Å². The first-order chi connectivity index (χ1) is 11.4. The minimum absolute atomic E-state index is 0.454. The third-order valence-corrected chi connectivity index (χ3v) is 4.83. The van der Waals surface area contributed by atoms with E-state index in [1.54, 1.807) is 0 Å². The summed E-state index contributed by atoms with van der Waals surface area (Å²) >= 11 is 0. The van der Waals surface area contributed by atoms with Gasteiger partial charge in [-0.15, -0.1) is 0 Å². The van der Waals surface area contributed by atoms with E-state index in [9.17, 15) is 0 Å². The summed E-state index contributed by atoms with van der Waals surface area (Å²) < 4.78 is 0. The maximum Gasteiger partial charge on any atom is 0.0969 e. The quantitative estimate of drug-likeness (QED) is 0.625. The Labute approximate surface area is 135 Å². The highest BCUT2D eigenvalue weighted by molar-refractivity contribution is 5.78. The highest BCUT2D eigenvalue weighted by Gasteiger charge is 2.36. The number of fused-ring (bicyclic) bond motifs is 5. The summed E-state index contributed by atoms with van der Waals surface area (Å²) in [5.74, 6) is 0.907. The van der Waals surface area contributed by atoms with Crippen LogP contribution in [0.25, 0.3) is 22.5 Å². The predicted octanol–water partition coefficient (Wildman–Crippen LogP) is 4.95. The first kappa shape index (κ1) is 12.8. The zero-order valence-electron chi connectivity index (χ0n) is 12.7. The summed E-state index contributed by atoms with van der Waals surface area (Å²) in [6.45, 7) is 0. The van der Waals surface area contributed by atoms with Crippen LogP contribution in [-0.2, 0) is 0 Å². The van der Waals surface area contributed by atoms with Gasteiger partial charge in [-0.3, -0.25) is 0 Å². The highest BCUT2D eigenvalue weighted by Crippen LogP contribution is 2.48. The summed E-state index contributed by atoms with van der Waals surface area (Å²) in [7, 11) is 0. The molecule has 2 bridgehead atoms. The lowest BCUT2D eigenvalue weighted by Gasteiger charge is -2.15. The van der Waals surface area contributed by atoms with Gasteiger partial charge in [0.25, 0.3) is 0 Å². The van der Waals surface area contributed by atoms with Crippen LogP contribution in [0.2, 0.25) is 0 Å². The Morgan fingerprint density at radius 1 is 0.609 bits per heavy atom. The lowest BCUT2D eigenvalue weighted by molar-refractivity contribution is 0.790. The number of allylic oxidation sites excluding steroid dienone is 2. The lowest BCUT2D eigenvalue weighted by Crippen LogP contribution is -2.05. The van der Waals surface area contributed by atoms with E-state index in [2.05, 4.69) is 60.7 Å². The fourth-order valence-corrected chi connectivity index (χ4v) is 3.71. The van der Waals surface area contributed by atoms with Crippen molar-refractivity contribution in [3.05, 3.63) is 84.2 Å². The molecule has 1 aromatic heterocycles. The fraction of sp³-hybridized carbons (Fsp3) is 0.143. The third-order valence-electron chi connectivity index (χ3n) is 4.83. The second-order valence-corrected chi connectivity index (χ2v) is 6.26. The third kappa shape index (κ3) is 1.95. The van der Waals surface area contributed by atoms with Crippen LogP contribution >= 0.6 is 0 Å². The van der Waals surface area contributed by atoms with Crippen molar-refractivity contribution in [2.24, 2.45) is 0 Å². The van der Waals surface area contributed by atoms with Gasteiger partial charge in [-0.2, -0.15) is 0 Å². The molecule has 2 atom stereocenters. The molecule has 2 heteroatoms. The maximum absolute atomic E-state index is 5.07. The molecule has 110 valence electrons. The summed E-state index contributed by atoms with van der Waals surface area (Å²) in [6, 6.07) is 20.8. The average Bonchev–Trinajstić information content (AvgIpc) is 3.24. The van der Waals surface area contributed by atoms with Crippen LogP contribution in [0.1, 0.15) is 29.6 Å². The van der Waals surface area contributed by atoms with Crippen LogP contribution in [-0.4, -0.2) is 9.97 Å². The van der Waals surface area contributed by atoms with Crippen molar-refractivity contribution in [1.29, 1.82) is 0 Å². The van der Waals surface area contributed by atoms with Crippen molar-refractivity contribution in [3.8, 4) is 22.5 Å². The van der Waals surface area contributed by atoms with Gasteiger partial charge >= 0.3 is 0 Å². The molecular formula is C21H16N2. The zero-order valence-corrected chi connectivity index (χ0v) is 12.7. The number of hydrogen-bond donors (Lipinski definition) is 0. The molecule has 2 aliphatic rings. The zero-order chi connectivity index (χ0) is 15.2. The van der Waals surface area contributed by atoms with Gasteiger partial charge in [-0.05, 0) is 6.42 Å². The molecule has 0 spiro atoms. The van der Waals surface area contributed by atoms with E-state index in [0.29, 0.717) is 11.8 Å². The number of aromatic nitrogens is 2. The van der Waals surface area contributed by atoms with Crippen molar-refractivity contribution in [2.75, 3.05) is 0 Å². The molecule has 5 rings (SSSR count). The van der Waals surface area contributed by atoms with Gasteiger partial charge in [0.1, 0.15) is 0 Å². The normalized spacial score (nSPS) is 20.7. The second kappa shape index (κ2) is 4.88. The molecular weight excluding hydrogens is 280 g/mol. The molecule has 0 fully saturated rings. The molecule has 0 N–H and O–H groups in total. The number of benzene rings is 2. The molecule has 1 heterocycles. The fourth-order valence-electron chi connectivity index (χ4n) is 3.71. The van der Waals surface area contributed by atoms with E-state index < -0.39 is 0 Å². The standard InChI is InChI=1S/C21H16N2/c1-3-7-14(8-4-1)18-19(15-9-5-2-6-10-15)23-21-17-12-11-16(13-17)20(21)22-18/h1-12,16-17H,13H2. The largest absolute Gasteiger partial charge is 0.248 e. The summed E-state index contributed by atoms with van der Waals surface area (Å²) in [4.78, 5) is 10.1. The average molecular weight is 296 g/mol. The topological polar surface area (TPSA) is 25.8 Å². The van der Waals surface area contributed by atoms with Gasteiger partial charge in [0.15, 0.2) is 0 Å². The van der Waals surface area contributed by atoms with Gasteiger partial charge in [0.2, 0.25) is 0 Å². The minimum atomic E-state index is 0.454. The highest BCUT2D eigenvalue weighted by atomic mass is 14.9.